The minimum atomic E-state index is -0.126. The molecule has 456 valence electrons. The second kappa shape index (κ2) is 22.4. The average Bonchev–Trinajstić information content (AvgIpc) is 0.693. The number of fused-ring (bicyclic) bond motifs is 14. The van der Waals surface area contributed by atoms with Gasteiger partial charge in [-0.2, -0.15) is 0 Å². The fraction of sp³-hybridized carbons (Fsp3) is 0. The van der Waals surface area contributed by atoms with Gasteiger partial charge in [-0.3, -0.25) is 0 Å². The van der Waals surface area contributed by atoms with Crippen LogP contribution in [0.2, 0.25) is 0 Å². The van der Waals surface area contributed by atoms with E-state index in [2.05, 4.69) is 393 Å². The zero-order chi connectivity index (χ0) is 64.4. The molecule has 0 saturated carbocycles. The van der Waals surface area contributed by atoms with E-state index in [1.165, 1.54) is 87.8 Å². The van der Waals surface area contributed by atoms with Crippen molar-refractivity contribution in [1.82, 2.24) is 0 Å². The quantitative estimate of drug-likeness (QED) is 0.0997. The van der Waals surface area contributed by atoms with Crippen LogP contribution in [0, 0.1) is 0 Å². The van der Waals surface area contributed by atoms with Gasteiger partial charge in [0.15, 0.2) is 0 Å². The third-order valence-corrected chi connectivity index (χ3v) is 20.7. The molecule has 98 heavy (non-hydrogen) atoms. The molecule has 0 aliphatic carbocycles. The van der Waals surface area contributed by atoms with Crippen molar-refractivity contribution >= 4 is 181 Å². The first-order valence-corrected chi connectivity index (χ1v) is 33.9. The topological polar surface area (TPSA) is 19.4 Å². The third kappa shape index (κ3) is 8.57. The van der Waals surface area contributed by atoms with Crippen molar-refractivity contribution in [3.8, 4) is 0 Å². The van der Waals surface area contributed by atoms with Gasteiger partial charge in [0, 0.05) is 102 Å². The number of rotatable bonds is 10. The summed E-state index contributed by atoms with van der Waals surface area (Å²) in [5.74, 6) is 0. The minimum absolute atomic E-state index is 0.126. The van der Waals surface area contributed by atoms with E-state index >= 15 is 0 Å². The molecule has 4 aliphatic heterocycles. The number of anilines is 18. The van der Waals surface area contributed by atoms with Crippen LogP contribution in [0.3, 0.4) is 0 Å². The number of para-hydroxylation sites is 8. The van der Waals surface area contributed by atoms with Gasteiger partial charge < -0.3 is 29.4 Å². The molecular weight excluding hydrogens is 1190 g/mol. The van der Waals surface area contributed by atoms with E-state index in [0.717, 1.165) is 79.6 Å². The molecule has 16 aromatic rings. The summed E-state index contributed by atoms with van der Waals surface area (Å²) in [4.78, 5) is 14.9. The van der Waals surface area contributed by atoms with Gasteiger partial charge in [0.2, 0.25) is 0 Å². The van der Waals surface area contributed by atoms with E-state index in [1.807, 2.05) is 0 Å². The average molecular weight is 1250 g/mol. The highest BCUT2D eigenvalue weighted by molar-refractivity contribution is 7.01. The van der Waals surface area contributed by atoms with Gasteiger partial charge in [-0.15, -0.1) is 0 Å². The molecule has 6 nitrogen and oxygen atoms in total. The Balaban J connectivity index is 0.849. The van der Waals surface area contributed by atoms with Gasteiger partial charge in [0.05, 0.1) is 0 Å². The third-order valence-electron chi connectivity index (χ3n) is 20.7. The van der Waals surface area contributed by atoms with Crippen molar-refractivity contribution in [2.24, 2.45) is 0 Å². The lowest BCUT2D eigenvalue weighted by Crippen LogP contribution is -2.61. The predicted octanol–water partition coefficient (Wildman–Crippen LogP) is 20.3. The van der Waals surface area contributed by atoms with Crippen LogP contribution in [0.5, 0.6) is 0 Å². The van der Waals surface area contributed by atoms with Gasteiger partial charge in [-0.1, -0.05) is 206 Å². The second-order valence-corrected chi connectivity index (χ2v) is 25.9. The first kappa shape index (κ1) is 55.7. The second-order valence-electron chi connectivity index (χ2n) is 25.9. The van der Waals surface area contributed by atoms with Gasteiger partial charge >= 0.3 is 0 Å². The van der Waals surface area contributed by atoms with Crippen molar-refractivity contribution in [3.63, 3.8) is 0 Å². The Kier molecular flexibility index (Phi) is 12.7. The maximum atomic E-state index is 2.58. The van der Waals surface area contributed by atoms with Crippen LogP contribution in [-0.4, -0.2) is 13.4 Å². The summed E-state index contributed by atoms with van der Waals surface area (Å²) >= 11 is 0. The molecule has 0 aromatic heterocycles. The zero-order valence-corrected chi connectivity index (χ0v) is 53.5. The lowest BCUT2D eigenvalue weighted by molar-refractivity contribution is 1.24. The van der Waals surface area contributed by atoms with Crippen molar-refractivity contribution in [1.29, 1.82) is 0 Å². The fourth-order valence-corrected chi connectivity index (χ4v) is 16.7. The summed E-state index contributed by atoms with van der Waals surface area (Å²) in [5.41, 5.74) is 27.9. The van der Waals surface area contributed by atoms with Crippen LogP contribution >= 0.6 is 0 Å². The van der Waals surface area contributed by atoms with Crippen LogP contribution in [0.25, 0.3) is 32.3 Å². The van der Waals surface area contributed by atoms with Crippen LogP contribution in [0.1, 0.15) is 0 Å². The summed E-state index contributed by atoms with van der Waals surface area (Å²) < 4.78 is 0. The Bertz CT molecular complexity index is 5350. The van der Waals surface area contributed by atoms with Crippen LogP contribution in [0.4, 0.5) is 102 Å². The van der Waals surface area contributed by atoms with Crippen LogP contribution in [-0.2, 0) is 0 Å². The summed E-state index contributed by atoms with van der Waals surface area (Å²) in [6.07, 6.45) is 0. The maximum Gasteiger partial charge on any atom is 0.252 e. The standard InChI is InChI=1S/C90H60B2N6/c1-9-29-61(30-10-1)93(62-31-11-2-12-32-62)69-51-53-77-85(55-69)95(65-37-17-5-18-38-65)81-47-27-49-83-89(81)91(77)79-57-73-71-45-25-26-46-72(71)74-58-80-88(60-76(74)75(73)59-87(79)97(83)67-41-21-7-22-42-67)98(68-43-23-8-24-44-68)84-50-28-48-82-90(84)92(80)78-54-52-70(56-86(78)96(82)66-39-19-6-20-40-66)94(63-33-13-3-14-34-63)64-35-15-4-16-36-64/h1-60H. The van der Waals surface area contributed by atoms with E-state index in [-0.39, 0.29) is 13.4 Å². The summed E-state index contributed by atoms with van der Waals surface area (Å²) in [6.45, 7) is -0.253. The van der Waals surface area contributed by atoms with Crippen molar-refractivity contribution in [3.05, 3.63) is 364 Å². The smallest absolute Gasteiger partial charge is 0.252 e. The molecule has 0 fully saturated rings. The normalized spacial score (nSPS) is 13.0. The molecule has 0 atom stereocenters. The monoisotopic (exact) mass is 1250 g/mol. The Labute approximate surface area is 570 Å². The highest BCUT2D eigenvalue weighted by Crippen LogP contribution is 2.51. The van der Waals surface area contributed by atoms with E-state index < -0.39 is 0 Å². The molecule has 0 unspecified atom stereocenters. The lowest BCUT2D eigenvalue weighted by atomic mass is 9.33. The minimum Gasteiger partial charge on any atom is -0.311 e. The highest BCUT2D eigenvalue weighted by atomic mass is 15.2. The SMILES string of the molecule is c1ccc(N(c2ccccc2)c2ccc3c(c2)N(c2ccccc2)c2cccc4c2B3c2cc3c5ccccc5c5cc6c(cc5c3cc2N4c2ccccc2)N(c2ccccc2)c2cccc3c2B6c2ccc(N(c4ccccc4)c4ccccc4)cc2N3c2ccccc2)cc1. The number of hydrogen-bond donors (Lipinski definition) is 0. The Morgan fingerprint density at radius 1 is 0.173 bits per heavy atom. The first-order valence-electron chi connectivity index (χ1n) is 33.9. The molecule has 0 N–H and O–H groups in total. The van der Waals surface area contributed by atoms with Crippen LogP contribution in [0.15, 0.2) is 364 Å². The van der Waals surface area contributed by atoms with E-state index in [9.17, 15) is 0 Å². The maximum absolute atomic E-state index is 2.58. The van der Waals surface area contributed by atoms with Gasteiger partial charge in [0.1, 0.15) is 0 Å². The number of nitrogens with zero attached hydrogens (tertiary/aromatic N) is 6. The van der Waals surface area contributed by atoms with E-state index in [1.54, 1.807) is 0 Å². The molecule has 20 rings (SSSR count). The molecule has 0 spiro atoms. The zero-order valence-electron chi connectivity index (χ0n) is 53.5. The van der Waals surface area contributed by atoms with Gasteiger partial charge in [0.25, 0.3) is 13.4 Å². The lowest BCUT2D eigenvalue weighted by Gasteiger charge is -2.45. The Hall–Kier alpha value is -12.8. The summed E-state index contributed by atoms with van der Waals surface area (Å²) in [5, 5.41) is 7.32. The molecule has 0 amide bonds. The fourth-order valence-electron chi connectivity index (χ4n) is 16.7. The molecule has 8 heteroatoms. The molecular formula is C90H60B2N6. The molecule has 16 aromatic carbocycles. The molecule has 0 saturated heterocycles. The Morgan fingerprint density at radius 3 is 0.724 bits per heavy atom. The number of hydrogen-bond acceptors (Lipinski definition) is 6. The van der Waals surface area contributed by atoms with Gasteiger partial charge in [-0.25, -0.2) is 0 Å². The van der Waals surface area contributed by atoms with Crippen LogP contribution < -0.4 is 62.2 Å². The van der Waals surface area contributed by atoms with Gasteiger partial charge in [-0.05, 0) is 223 Å². The molecule has 4 heterocycles. The highest BCUT2D eigenvalue weighted by Gasteiger charge is 2.46. The van der Waals surface area contributed by atoms with E-state index in [4.69, 9.17) is 0 Å². The predicted molar refractivity (Wildman–Crippen MR) is 416 cm³/mol. The summed E-state index contributed by atoms with van der Waals surface area (Å²) in [6, 6.07) is 135. The van der Waals surface area contributed by atoms with Crippen molar-refractivity contribution in [2.75, 3.05) is 29.4 Å². The van der Waals surface area contributed by atoms with Crippen molar-refractivity contribution in [2.45, 2.75) is 0 Å². The molecule has 4 aliphatic rings. The Morgan fingerprint density at radius 2 is 0.429 bits per heavy atom. The van der Waals surface area contributed by atoms with Crippen molar-refractivity contribution < 1.29 is 0 Å². The largest absolute Gasteiger partial charge is 0.311 e. The first-order chi connectivity index (χ1) is 48.7. The van der Waals surface area contributed by atoms with E-state index in [0.29, 0.717) is 0 Å². The molecule has 0 radical (unpaired) electrons. The number of benzene rings is 16. The molecule has 0 bridgehead atoms. The summed E-state index contributed by atoms with van der Waals surface area (Å²) in [7, 11) is 0.